The normalized spacial score (nSPS) is 15.9. The van der Waals surface area contributed by atoms with Gasteiger partial charge in [0.15, 0.2) is 5.13 Å². The highest BCUT2D eigenvalue weighted by atomic mass is 32.2. The topological polar surface area (TPSA) is 104 Å². The Bertz CT molecular complexity index is 1520. The smallest absolute Gasteiger partial charge is 0.257 e. The van der Waals surface area contributed by atoms with Crippen molar-refractivity contribution in [2.45, 2.75) is 29.0 Å². The summed E-state index contributed by atoms with van der Waals surface area (Å²) >= 11 is 2.87. The van der Waals surface area contributed by atoms with E-state index in [-0.39, 0.29) is 17.7 Å². The lowest BCUT2D eigenvalue weighted by atomic mass is 10.1. The van der Waals surface area contributed by atoms with Crippen LogP contribution in [0.15, 0.2) is 64.4 Å². The molecule has 0 bridgehead atoms. The van der Waals surface area contributed by atoms with E-state index in [1.807, 2.05) is 37.3 Å². The van der Waals surface area contributed by atoms with E-state index in [0.717, 1.165) is 53.1 Å². The van der Waals surface area contributed by atoms with Gasteiger partial charge in [0.05, 0.1) is 36.3 Å². The van der Waals surface area contributed by atoms with Crippen molar-refractivity contribution in [3.8, 4) is 5.75 Å². The second-order valence-corrected chi connectivity index (χ2v) is 13.0. The van der Waals surface area contributed by atoms with E-state index in [9.17, 15) is 14.4 Å². The number of amides is 3. The van der Waals surface area contributed by atoms with Gasteiger partial charge >= 0.3 is 0 Å². The summed E-state index contributed by atoms with van der Waals surface area (Å²) in [5, 5.41) is 3.43. The van der Waals surface area contributed by atoms with E-state index in [1.54, 1.807) is 29.2 Å². The van der Waals surface area contributed by atoms with Crippen molar-refractivity contribution in [2.24, 2.45) is 0 Å². The van der Waals surface area contributed by atoms with Crippen LogP contribution in [0.25, 0.3) is 0 Å². The predicted molar refractivity (Wildman–Crippen MR) is 172 cm³/mol. The van der Waals surface area contributed by atoms with Gasteiger partial charge in [0.25, 0.3) is 11.8 Å². The first kappa shape index (κ1) is 31.7. The number of ether oxygens (including phenoxy) is 2. The Hall–Kier alpha value is -3.71. The number of nitrogens with zero attached hydrogens (tertiary/aromatic N) is 4. The first-order valence-corrected chi connectivity index (χ1v) is 16.2. The first-order valence-electron chi connectivity index (χ1n) is 14.6. The Morgan fingerprint density at radius 3 is 2.64 bits per heavy atom. The zero-order valence-electron chi connectivity index (χ0n) is 25.0. The molecule has 2 aromatic carbocycles. The molecule has 0 saturated carbocycles. The molecule has 3 heterocycles. The van der Waals surface area contributed by atoms with Crippen LogP contribution < -0.4 is 10.1 Å². The number of methoxy groups -OCH3 is 1. The maximum absolute atomic E-state index is 13.6. The Balaban J connectivity index is 1.25. The van der Waals surface area contributed by atoms with Gasteiger partial charge in [-0.25, -0.2) is 4.98 Å². The Kier molecular flexibility index (Phi) is 10.7. The van der Waals surface area contributed by atoms with Crippen LogP contribution in [0.1, 0.15) is 38.3 Å². The highest BCUT2D eigenvalue weighted by molar-refractivity contribution is 8.01. The lowest BCUT2D eigenvalue weighted by Crippen LogP contribution is -2.36. The standard InChI is InChI=1S/C32H37N5O5S2/c1-4-28(38)36-9-6-10-37(12-11-36)31(40)25-19-27(22(2)17-26(25)41-3)43-29-20-33-32(44-29)34-30(39)24-8-5-7-23(18-24)21-35-13-15-42-16-14-35/h4-5,7-8,17-20H,1,6,9-16,21H2,2-3H3,(H,33,34,39). The van der Waals surface area contributed by atoms with E-state index in [1.165, 1.54) is 29.2 Å². The molecule has 44 heavy (non-hydrogen) atoms. The molecule has 0 unspecified atom stereocenters. The van der Waals surface area contributed by atoms with Crippen LogP contribution in [-0.2, 0) is 16.1 Å². The van der Waals surface area contributed by atoms with Crippen molar-refractivity contribution in [1.29, 1.82) is 0 Å². The van der Waals surface area contributed by atoms with Gasteiger partial charge in [-0.15, -0.1) is 0 Å². The number of hydrogen-bond acceptors (Lipinski definition) is 9. The number of aryl methyl sites for hydroxylation is 1. The van der Waals surface area contributed by atoms with E-state index >= 15 is 0 Å². The molecular weight excluding hydrogens is 599 g/mol. The molecule has 0 aliphatic carbocycles. The number of morpholine rings is 1. The minimum atomic E-state index is -0.209. The van der Waals surface area contributed by atoms with Crippen molar-refractivity contribution in [1.82, 2.24) is 19.7 Å². The summed E-state index contributed by atoms with van der Waals surface area (Å²) in [5.41, 5.74) is 3.09. The van der Waals surface area contributed by atoms with E-state index in [4.69, 9.17) is 9.47 Å². The summed E-state index contributed by atoms with van der Waals surface area (Å²) in [4.78, 5) is 49.9. The number of thiazole rings is 1. The van der Waals surface area contributed by atoms with Crippen LogP contribution in [0, 0.1) is 6.92 Å². The van der Waals surface area contributed by atoms with Gasteiger partial charge in [-0.1, -0.05) is 41.8 Å². The van der Waals surface area contributed by atoms with Gasteiger partial charge in [-0.3, -0.25) is 24.6 Å². The fourth-order valence-electron chi connectivity index (χ4n) is 5.22. The molecule has 3 aromatic rings. The predicted octanol–water partition coefficient (Wildman–Crippen LogP) is 4.56. The molecule has 0 radical (unpaired) electrons. The van der Waals surface area contributed by atoms with Gasteiger partial charge in [0, 0.05) is 56.3 Å². The lowest BCUT2D eigenvalue weighted by Gasteiger charge is -2.26. The fraction of sp³-hybridized carbons (Fsp3) is 0.375. The Morgan fingerprint density at radius 1 is 1.09 bits per heavy atom. The SMILES string of the molecule is C=CC(=O)N1CCCN(C(=O)c2cc(Sc3cnc(NC(=O)c4cccc(CN5CCOCC5)c4)s3)c(C)cc2OC)CC1. The highest BCUT2D eigenvalue weighted by Crippen LogP contribution is 2.38. The zero-order valence-corrected chi connectivity index (χ0v) is 26.7. The molecule has 1 N–H and O–H groups in total. The second kappa shape index (κ2) is 14.8. The number of hydrogen-bond donors (Lipinski definition) is 1. The maximum Gasteiger partial charge on any atom is 0.257 e. The Labute approximate surface area is 266 Å². The van der Waals surface area contributed by atoms with Crippen molar-refractivity contribution in [2.75, 3.05) is 64.9 Å². The summed E-state index contributed by atoms with van der Waals surface area (Å²) in [7, 11) is 1.56. The molecule has 2 aliphatic rings. The molecule has 1 aromatic heterocycles. The third-order valence-electron chi connectivity index (χ3n) is 7.61. The summed E-state index contributed by atoms with van der Waals surface area (Å²) in [6.45, 7) is 11.6. The molecule has 2 aliphatic heterocycles. The van der Waals surface area contributed by atoms with Gasteiger partial charge in [0.1, 0.15) is 5.75 Å². The quantitative estimate of drug-likeness (QED) is 0.342. The summed E-state index contributed by atoms with van der Waals surface area (Å²) in [6.07, 6.45) is 3.73. The molecule has 2 saturated heterocycles. The molecular formula is C32H37N5O5S2. The van der Waals surface area contributed by atoms with Crippen LogP contribution in [0.5, 0.6) is 5.75 Å². The van der Waals surface area contributed by atoms with E-state index in [2.05, 4.69) is 21.8 Å². The first-order chi connectivity index (χ1) is 21.3. The number of carbonyl (C=O) groups is 3. The van der Waals surface area contributed by atoms with E-state index in [0.29, 0.717) is 54.6 Å². The number of benzene rings is 2. The zero-order chi connectivity index (χ0) is 31.1. The second-order valence-electron chi connectivity index (χ2n) is 10.6. The minimum absolute atomic E-state index is 0.122. The van der Waals surface area contributed by atoms with Gasteiger partial charge in [-0.05, 0) is 54.8 Å². The van der Waals surface area contributed by atoms with Crippen molar-refractivity contribution in [3.63, 3.8) is 0 Å². The summed E-state index contributed by atoms with van der Waals surface area (Å²) < 4.78 is 11.9. The number of aromatic nitrogens is 1. The summed E-state index contributed by atoms with van der Waals surface area (Å²) in [5.74, 6) is 0.0419. The maximum atomic E-state index is 13.6. The molecule has 3 amide bonds. The van der Waals surface area contributed by atoms with Crippen molar-refractivity contribution < 1.29 is 23.9 Å². The average molecular weight is 636 g/mol. The monoisotopic (exact) mass is 635 g/mol. The molecule has 232 valence electrons. The van der Waals surface area contributed by atoms with Gasteiger partial charge < -0.3 is 19.3 Å². The lowest BCUT2D eigenvalue weighted by molar-refractivity contribution is -0.125. The summed E-state index contributed by atoms with van der Waals surface area (Å²) in [6, 6.07) is 11.4. The van der Waals surface area contributed by atoms with Gasteiger partial charge in [0.2, 0.25) is 5.91 Å². The molecule has 0 atom stereocenters. The Morgan fingerprint density at radius 2 is 1.86 bits per heavy atom. The third kappa shape index (κ3) is 7.86. The fourth-order valence-corrected chi connectivity index (χ4v) is 7.16. The van der Waals surface area contributed by atoms with Crippen LogP contribution in [0.2, 0.25) is 0 Å². The molecule has 2 fully saturated rings. The highest BCUT2D eigenvalue weighted by Gasteiger charge is 2.25. The number of nitrogens with one attached hydrogen (secondary N) is 1. The third-order valence-corrected chi connectivity index (χ3v) is 9.79. The number of anilines is 1. The largest absolute Gasteiger partial charge is 0.496 e. The number of carbonyl (C=O) groups excluding carboxylic acids is 3. The van der Waals surface area contributed by atoms with E-state index < -0.39 is 0 Å². The molecule has 12 heteroatoms. The molecule has 5 rings (SSSR count). The van der Waals surface area contributed by atoms with Crippen LogP contribution >= 0.6 is 23.1 Å². The average Bonchev–Trinajstić information content (AvgIpc) is 3.32. The van der Waals surface area contributed by atoms with Gasteiger partial charge in [-0.2, -0.15) is 0 Å². The van der Waals surface area contributed by atoms with Crippen LogP contribution in [-0.4, -0.2) is 97.0 Å². The molecule has 10 nitrogen and oxygen atoms in total. The van der Waals surface area contributed by atoms with Crippen molar-refractivity contribution in [3.05, 3.63) is 77.5 Å². The molecule has 0 spiro atoms. The van der Waals surface area contributed by atoms with Crippen LogP contribution in [0.4, 0.5) is 5.13 Å². The minimum Gasteiger partial charge on any atom is -0.496 e. The van der Waals surface area contributed by atoms with Crippen molar-refractivity contribution >= 4 is 46.0 Å². The van der Waals surface area contributed by atoms with Crippen LogP contribution in [0.3, 0.4) is 0 Å². The number of rotatable bonds is 9.